The fourth-order valence-electron chi connectivity index (χ4n) is 1.28. The summed E-state index contributed by atoms with van der Waals surface area (Å²) in [4.78, 5) is 8.24. The van der Waals surface area contributed by atoms with Crippen molar-refractivity contribution in [1.82, 2.24) is 15.1 Å². The van der Waals surface area contributed by atoms with Gasteiger partial charge in [-0.2, -0.15) is 4.98 Å². The molecule has 0 aliphatic rings. The van der Waals surface area contributed by atoms with Gasteiger partial charge in [0.05, 0.1) is 13.3 Å². The summed E-state index contributed by atoms with van der Waals surface area (Å²) < 4.78 is 15.5. The molecule has 2 rings (SSSR count). The van der Waals surface area contributed by atoms with Crippen LogP contribution in [0.5, 0.6) is 11.6 Å². The van der Waals surface area contributed by atoms with Crippen LogP contribution in [0.2, 0.25) is 0 Å². The van der Waals surface area contributed by atoms with Crippen LogP contribution in [-0.4, -0.2) is 22.2 Å². The monoisotopic (exact) mass is 249 g/mol. The van der Waals surface area contributed by atoms with Crippen molar-refractivity contribution in [2.75, 3.05) is 7.11 Å². The van der Waals surface area contributed by atoms with E-state index in [1.165, 1.54) is 0 Å². The molecule has 0 unspecified atom stereocenters. The fourth-order valence-corrected chi connectivity index (χ4v) is 1.28. The average Bonchev–Trinajstić information content (AvgIpc) is 2.86. The molecular formula is C12H15N3O3. The Kier molecular flexibility index (Phi) is 3.76. The van der Waals surface area contributed by atoms with Gasteiger partial charge < -0.3 is 14.0 Å². The third-order valence-electron chi connectivity index (χ3n) is 2.26. The first-order valence-corrected chi connectivity index (χ1v) is 5.64. The lowest BCUT2D eigenvalue weighted by atomic mass is 10.2. The topological polar surface area (TPSA) is 70.3 Å². The van der Waals surface area contributed by atoms with E-state index in [0.29, 0.717) is 23.3 Å². The van der Waals surface area contributed by atoms with E-state index >= 15 is 0 Å². The van der Waals surface area contributed by atoms with Crippen molar-refractivity contribution in [1.29, 1.82) is 0 Å². The minimum absolute atomic E-state index is 0.217. The van der Waals surface area contributed by atoms with Crippen LogP contribution in [0.3, 0.4) is 0 Å². The Balaban J connectivity index is 1.93. The SMILES string of the molecule is COc1ccc(OCc2noc(C(C)C)n2)cn1. The summed E-state index contributed by atoms with van der Waals surface area (Å²) in [5, 5.41) is 3.83. The van der Waals surface area contributed by atoms with Crippen LogP contribution < -0.4 is 9.47 Å². The van der Waals surface area contributed by atoms with Gasteiger partial charge in [-0.05, 0) is 6.07 Å². The highest BCUT2D eigenvalue weighted by molar-refractivity contribution is 5.22. The molecule has 0 aliphatic heterocycles. The lowest BCUT2D eigenvalue weighted by Crippen LogP contribution is -1.98. The van der Waals surface area contributed by atoms with Crippen molar-refractivity contribution in [3.05, 3.63) is 30.0 Å². The lowest BCUT2D eigenvalue weighted by Gasteiger charge is -2.03. The number of rotatable bonds is 5. The molecule has 0 N–H and O–H groups in total. The molecule has 0 radical (unpaired) electrons. The summed E-state index contributed by atoms with van der Waals surface area (Å²) >= 11 is 0. The van der Waals surface area contributed by atoms with Crippen LogP contribution >= 0.6 is 0 Å². The Labute approximate surface area is 105 Å². The van der Waals surface area contributed by atoms with Gasteiger partial charge in [-0.1, -0.05) is 19.0 Å². The summed E-state index contributed by atoms with van der Waals surface area (Å²) in [7, 11) is 1.57. The number of hydrogen-bond donors (Lipinski definition) is 0. The van der Waals surface area contributed by atoms with Crippen LogP contribution in [-0.2, 0) is 6.61 Å². The molecule has 0 saturated carbocycles. The predicted octanol–water partition coefficient (Wildman–Crippen LogP) is 2.18. The quantitative estimate of drug-likeness (QED) is 0.808. The molecule has 0 aliphatic carbocycles. The molecule has 0 bridgehead atoms. The molecule has 6 heteroatoms. The first-order valence-electron chi connectivity index (χ1n) is 5.64. The maximum Gasteiger partial charge on any atom is 0.229 e. The second-order valence-electron chi connectivity index (χ2n) is 4.03. The summed E-state index contributed by atoms with van der Waals surface area (Å²) in [6, 6.07) is 3.50. The number of methoxy groups -OCH3 is 1. The van der Waals surface area contributed by atoms with Crippen molar-refractivity contribution in [2.24, 2.45) is 0 Å². The molecule has 0 amide bonds. The lowest BCUT2D eigenvalue weighted by molar-refractivity contribution is 0.282. The Morgan fingerprint density at radius 2 is 2.17 bits per heavy atom. The van der Waals surface area contributed by atoms with Gasteiger partial charge in [0.2, 0.25) is 17.6 Å². The van der Waals surface area contributed by atoms with Gasteiger partial charge in [-0.3, -0.25) is 0 Å². The second-order valence-corrected chi connectivity index (χ2v) is 4.03. The number of aromatic nitrogens is 3. The Hall–Kier alpha value is -2.11. The van der Waals surface area contributed by atoms with E-state index in [2.05, 4.69) is 15.1 Å². The molecule has 6 nitrogen and oxygen atoms in total. The standard InChI is InChI=1S/C12H15N3O3/c1-8(2)12-14-10(15-18-12)7-17-9-4-5-11(16-3)13-6-9/h4-6,8H,7H2,1-3H3. The second kappa shape index (κ2) is 5.48. The smallest absolute Gasteiger partial charge is 0.229 e. The zero-order valence-electron chi connectivity index (χ0n) is 10.6. The van der Waals surface area contributed by atoms with Crippen LogP contribution in [0.15, 0.2) is 22.9 Å². The molecule has 0 atom stereocenters. The van der Waals surface area contributed by atoms with E-state index in [0.717, 1.165) is 0 Å². The molecule has 2 heterocycles. The van der Waals surface area contributed by atoms with Gasteiger partial charge in [0.1, 0.15) is 5.75 Å². The van der Waals surface area contributed by atoms with E-state index < -0.39 is 0 Å². The highest BCUT2D eigenvalue weighted by Crippen LogP contribution is 2.15. The number of nitrogens with zero attached hydrogens (tertiary/aromatic N) is 3. The van der Waals surface area contributed by atoms with Crippen LogP contribution in [0.4, 0.5) is 0 Å². The van der Waals surface area contributed by atoms with Crippen molar-refractivity contribution in [3.63, 3.8) is 0 Å². The van der Waals surface area contributed by atoms with Crippen LogP contribution in [0.25, 0.3) is 0 Å². The fraction of sp³-hybridized carbons (Fsp3) is 0.417. The van der Waals surface area contributed by atoms with E-state index in [4.69, 9.17) is 14.0 Å². The minimum Gasteiger partial charge on any atom is -0.484 e. The third-order valence-corrected chi connectivity index (χ3v) is 2.26. The van der Waals surface area contributed by atoms with Crippen molar-refractivity contribution >= 4 is 0 Å². The third kappa shape index (κ3) is 2.97. The molecule has 0 saturated heterocycles. The van der Waals surface area contributed by atoms with Crippen molar-refractivity contribution < 1.29 is 14.0 Å². The van der Waals surface area contributed by atoms with Crippen LogP contribution in [0, 0.1) is 0 Å². The van der Waals surface area contributed by atoms with Gasteiger partial charge in [-0.25, -0.2) is 4.98 Å². The van der Waals surface area contributed by atoms with E-state index in [1.807, 2.05) is 13.8 Å². The molecule has 0 aromatic carbocycles. The summed E-state index contributed by atoms with van der Waals surface area (Å²) in [6.07, 6.45) is 1.59. The Bertz CT molecular complexity index is 494. The van der Waals surface area contributed by atoms with Gasteiger partial charge in [-0.15, -0.1) is 0 Å². The van der Waals surface area contributed by atoms with E-state index in [-0.39, 0.29) is 12.5 Å². The van der Waals surface area contributed by atoms with Gasteiger partial charge in [0.15, 0.2) is 6.61 Å². The zero-order valence-corrected chi connectivity index (χ0v) is 10.6. The van der Waals surface area contributed by atoms with Gasteiger partial charge in [0, 0.05) is 12.0 Å². The molecule has 0 spiro atoms. The molecule has 96 valence electrons. The van der Waals surface area contributed by atoms with Crippen molar-refractivity contribution in [3.8, 4) is 11.6 Å². The molecule has 2 aromatic rings. The maximum absolute atomic E-state index is 5.48. The first kappa shape index (κ1) is 12.3. The Morgan fingerprint density at radius 1 is 1.33 bits per heavy atom. The Morgan fingerprint density at radius 3 is 2.72 bits per heavy atom. The maximum atomic E-state index is 5.48. The normalized spacial score (nSPS) is 10.7. The van der Waals surface area contributed by atoms with Gasteiger partial charge in [0.25, 0.3) is 0 Å². The highest BCUT2D eigenvalue weighted by Gasteiger charge is 2.10. The average molecular weight is 249 g/mol. The summed E-state index contributed by atoms with van der Waals surface area (Å²) in [5.41, 5.74) is 0. The molecule has 2 aromatic heterocycles. The van der Waals surface area contributed by atoms with Crippen molar-refractivity contribution in [2.45, 2.75) is 26.4 Å². The number of pyridine rings is 1. The van der Waals surface area contributed by atoms with Gasteiger partial charge >= 0.3 is 0 Å². The number of ether oxygens (including phenoxy) is 2. The summed E-state index contributed by atoms with van der Waals surface area (Å²) in [5.74, 6) is 2.53. The van der Waals surface area contributed by atoms with E-state index in [1.54, 1.807) is 25.4 Å². The highest BCUT2D eigenvalue weighted by atomic mass is 16.5. The molecular weight excluding hydrogens is 234 g/mol. The first-order chi connectivity index (χ1) is 8.69. The molecule has 0 fully saturated rings. The van der Waals surface area contributed by atoms with E-state index in [9.17, 15) is 0 Å². The minimum atomic E-state index is 0.217. The summed E-state index contributed by atoms with van der Waals surface area (Å²) in [6.45, 7) is 4.24. The van der Waals surface area contributed by atoms with Crippen LogP contribution in [0.1, 0.15) is 31.5 Å². The predicted molar refractivity (Wildman–Crippen MR) is 63.5 cm³/mol. The largest absolute Gasteiger partial charge is 0.484 e. The number of hydrogen-bond acceptors (Lipinski definition) is 6. The zero-order chi connectivity index (χ0) is 13.0. The molecule has 18 heavy (non-hydrogen) atoms.